The average Bonchev–Trinajstić information content (AvgIpc) is 3.13. The Balaban J connectivity index is 1.88. The first-order valence-electron chi connectivity index (χ1n) is 9.75. The van der Waals surface area contributed by atoms with Gasteiger partial charge in [-0.2, -0.15) is 0 Å². The number of carbonyl (C=O) groups excluding carboxylic acids is 1. The molecule has 29 heavy (non-hydrogen) atoms. The van der Waals surface area contributed by atoms with E-state index in [0.29, 0.717) is 12.3 Å². The zero-order valence-corrected chi connectivity index (χ0v) is 17.5. The third kappa shape index (κ3) is 5.06. The Kier molecular flexibility index (Phi) is 6.73. The quantitative estimate of drug-likeness (QED) is 0.450. The Morgan fingerprint density at radius 3 is 2.66 bits per heavy atom. The van der Waals surface area contributed by atoms with Crippen molar-refractivity contribution < 1.29 is 13.9 Å². The molecule has 0 saturated heterocycles. The first-order valence-corrected chi connectivity index (χ1v) is 9.75. The van der Waals surface area contributed by atoms with Crippen molar-refractivity contribution in [2.75, 3.05) is 34.3 Å². The maximum atomic E-state index is 12.3. The summed E-state index contributed by atoms with van der Waals surface area (Å²) in [6, 6.07) is 14.0. The summed E-state index contributed by atoms with van der Waals surface area (Å²) < 4.78 is 11.3. The van der Waals surface area contributed by atoms with E-state index >= 15 is 0 Å². The van der Waals surface area contributed by atoms with E-state index in [1.165, 1.54) is 0 Å². The van der Waals surface area contributed by atoms with Gasteiger partial charge in [0.15, 0.2) is 0 Å². The van der Waals surface area contributed by atoms with Gasteiger partial charge in [-0.3, -0.25) is 4.79 Å². The number of benzene rings is 2. The molecule has 3 aromatic rings. The zero-order chi connectivity index (χ0) is 20.8. The zero-order valence-electron chi connectivity index (χ0n) is 17.5. The molecule has 2 aromatic carbocycles. The number of nitrogens with one attached hydrogen (secondary N) is 1. The molecule has 0 aliphatic rings. The van der Waals surface area contributed by atoms with Gasteiger partial charge in [0.05, 0.1) is 13.4 Å². The third-order valence-corrected chi connectivity index (χ3v) is 4.83. The molecule has 3 rings (SSSR count). The summed E-state index contributed by atoms with van der Waals surface area (Å²) in [5.41, 5.74) is 4.58. The first-order chi connectivity index (χ1) is 14.0. The number of carbonyl (C=O) groups is 1. The molecule has 0 bridgehead atoms. The number of rotatable bonds is 8. The molecule has 0 spiro atoms. The molecule has 0 saturated carbocycles. The van der Waals surface area contributed by atoms with Crippen molar-refractivity contribution in [1.29, 1.82) is 0 Å². The second-order valence-electron chi connectivity index (χ2n) is 7.34. The number of hydrogen-bond acceptors (Lipinski definition) is 4. The summed E-state index contributed by atoms with van der Waals surface area (Å²) in [6.45, 7) is 3.51. The summed E-state index contributed by atoms with van der Waals surface area (Å²) in [5.74, 6) is 0.583. The predicted octanol–water partition coefficient (Wildman–Crippen LogP) is 4.58. The van der Waals surface area contributed by atoms with Crippen molar-refractivity contribution in [2.45, 2.75) is 13.3 Å². The summed E-state index contributed by atoms with van der Waals surface area (Å²) in [4.78, 5) is 14.4. The SMILES string of the molecule is COc1cc2occ(-c3ccccc3)c2cc1/C(C)=C/C(=O)NCCCN(C)C. The van der Waals surface area contributed by atoms with E-state index in [9.17, 15) is 4.79 Å². The third-order valence-electron chi connectivity index (χ3n) is 4.83. The molecule has 5 heteroatoms. The Bertz CT molecular complexity index is 1000. The Morgan fingerprint density at radius 2 is 1.97 bits per heavy atom. The highest BCUT2D eigenvalue weighted by Crippen LogP contribution is 2.37. The fourth-order valence-electron chi connectivity index (χ4n) is 3.31. The van der Waals surface area contributed by atoms with Crippen molar-refractivity contribution in [3.63, 3.8) is 0 Å². The van der Waals surface area contributed by atoms with Crippen molar-refractivity contribution in [2.24, 2.45) is 0 Å². The van der Waals surface area contributed by atoms with E-state index < -0.39 is 0 Å². The van der Waals surface area contributed by atoms with Gasteiger partial charge in [-0.25, -0.2) is 0 Å². The van der Waals surface area contributed by atoms with Crippen molar-refractivity contribution in [3.8, 4) is 16.9 Å². The van der Waals surface area contributed by atoms with Gasteiger partial charge in [0.1, 0.15) is 11.3 Å². The second-order valence-corrected chi connectivity index (χ2v) is 7.34. The lowest BCUT2D eigenvalue weighted by atomic mass is 9.99. The standard InChI is InChI=1S/C24H28N2O3/c1-17(13-24(27)25-11-8-12-26(2)3)19-14-20-21(18-9-6-5-7-10-18)16-29-23(20)15-22(19)28-4/h5-7,9-10,13-16H,8,11-12H2,1-4H3,(H,25,27)/b17-13+. The van der Waals surface area contributed by atoms with E-state index in [2.05, 4.69) is 22.3 Å². The molecule has 0 atom stereocenters. The van der Waals surface area contributed by atoms with Gasteiger partial charge in [-0.05, 0) is 51.2 Å². The Morgan fingerprint density at radius 1 is 1.21 bits per heavy atom. The largest absolute Gasteiger partial charge is 0.496 e. The number of nitrogens with zero attached hydrogens (tertiary/aromatic N) is 1. The van der Waals surface area contributed by atoms with Gasteiger partial charge in [0.2, 0.25) is 5.91 Å². The average molecular weight is 392 g/mol. The molecule has 0 aliphatic carbocycles. The van der Waals surface area contributed by atoms with Gasteiger partial charge in [-0.15, -0.1) is 0 Å². The van der Waals surface area contributed by atoms with Crippen LogP contribution in [0.1, 0.15) is 18.9 Å². The van der Waals surface area contributed by atoms with E-state index in [1.54, 1.807) is 19.4 Å². The van der Waals surface area contributed by atoms with Crippen LogP contribution in [-0.4, -0.2) is 45.1 Å². The van der Waals surface area contributed by atoms with Crippen LogP contribution in [0.15, 0.2) is 59.2 Å². The van der Waals surface area contributed by atoms with Crippen LogP contribution < -0.4 is 10.1 Å². The topological polar surface area (TPSA) is 54.7 Å². The maximum absolute atomic E-state index is 12.3. The lowest BCUT2D eigenvalue weighted by Crippen LogP contribution is -2.25. The minimum Gasteiger partial charge on any atom is -0.496 e. The summed E-state index contributed by atoms with van der Waals surface area (Å²) >= 11 is 0. The molecule has 1 aromatic heterocycles. The van der Waals surface area contributed by atoms with Crippen LogP contribution in [0, 0.1) is 0 Å². The fraction of sp³-hybridized carbons (Fsp3) is 0.292. The van der Waals surface area contributed by atoms with Gasteiger partial charge >= 0.3 is 0 Å². The molecule has 0 radical (unpaired) electrons. The second kappa shape index (κ2) is 9.43. The minimum absolute atomic E-state index is 0.0983. The van der Waals surface area contributed by atoms with Gasteiger partial charge < -0.3 is 19.4 Å². The number of fused-ring (bicyclic) bond motifs is 1. The Hall–Kier alpha value is -3.05. The molecule has 1 amide bonds. The lowest BCUT2D eigenvalue weighted by molar-refractivity contribution is -0.116. The van der Waals surface area contributed by atoms with Gasteiger partial charge in [0, 0.05) is 35.2 Å². The van der Waals surface area contributed by atoms with E-state index in [1.807, 2.05) is 51.4 Å². The maximum Gasteiger partial charge on any atom is 0.244 e. The summed E-state index contributed by atoms with van der Waals surface area (Å²) in [6.07, 6.45) is 4.30. The normalized spacial score (nSPS) is 11.8. The smallest absolute Gasteiger partial charge is 0.244 e. The number of hydrogen-bond donors (Lipinski definition) is 1. The molecular weight excluding hydrogens is 364 g/mol. The van der Waals surface area contributed by atoms with Crippen LogP contribution in [0.3, 0.4) is 0 Å². The summed E-state index contributed by atoms with van der Waals surface area (Å²) in [5, 5.41) is 3.94. The summed E-state index contributed by atoms with van der Waals surface area (Å²) in [7, 11) is 5.67. The fourth-order valence-corrected chi connectivity index (χ4v) is 3.31. The highest BCUT2D eigenvalue weighted by molar-refractivity contribution is 6.00. The van der Waals surface area contributed by atoms with Crippen LogP contribution in [-0.2, 0) is 4.79 Å². The number of methoxy groups -OCH3 is 1. The van der Waals surface area contributed by atoms with Crippen molar-refractivity contribution in [3.05, 3.63) is 60.4 Å². The highest BCUT2D eigenvalue weighted by atomic mass is 16.5. The molecule has 0 fully saturated rings. The number of amides is 1. The molecule has 5 nitrogen and oxygen atoms in total. The molecule has 0 aliphatic heterocycles. The van der Waals surface area contributed by atoms with Crippen LogP contribution in [0.4, 0.5) is 0 Å². The molecule has 1 N–H and O–H groups in total. The molecule has 152 valence electrons. The monoisotopic (exact) mass is 392 g/mol. The lowest BCUT2D eigenvalue weighted by Gasteiger charge is -2.11. The van der Waals surface area contributed by atoms with Crippen LogP contribution in [0.2, 0.25) is 0 Å². The van der Waals surface area contributed by atoms with Gasteiger partial charge in [0.25, 0.3) is 0 Å². The minimum atomic E-state index is -0.0983. The van der Waals surface area contributed by atoms with E-state index in [-0.39, 0.29) is 5.91 Å². The number of ether oxygens (including phenoxy) is 1. The highest BCUT2D eigenvalue weighted by Gasteiger charge is 2.14. The van der Waals surface area contributed by atoms with Crippen LogP contribution in [0.25, 0.3) is 27.7 Å². The van der Waals surface area contributed by atoms with Crippen LogP contribution >= 0.6 is 0 Å². The number of furan rings is 1. The predicted molar refractivity (Wildman–Crippen MR) is 118 cm³/mol. The Labute approximate surface area is 172 Å². The molecule has 1 heterocycles. The number of allylic oxidation sites excluding steroid dienone is 1. The van der Waals surface area contributed by atoms with E-state index in [0.717, 1.165) is 46.2 Å². The van der Waals surface area contributed by atoms with Gasteiger partial charge in [-0.1, -0.05) is 30.3 Å². The van der Waals surface area contributed by atoms with Crippen molar-refractivity contribution >= 4 is 22.4 Å². The molecular formula is C24H28N2O3. The molecule has 0 unspecified atom stereocenters. The van der Waals surface area contributed by atoms with Crippen LogP contribution in [0.5, 0.6) is 5.75 Å². The van der Waals surface area contributed by atoms with E-state index in [4.69, 9.17) is 9.15 Å². The van der Waals surface area contributed by atoms with Crippen molar-refractivity contribution in [1.82, 2.24) is 10.2 Å². The first kappa shape index (κ1) is 20.7.